The number of hydrogen-bond donors (Lipinski definition) is 1. The van der Waals surface area contributed by atoms with Crippen LogP contribution in [0.3, 0.4) is 0 Å². The van der Waals surface area contributed by atoms with Gasteiger partial charge in [-0.15, -0.1) is 13.2 Å². The Balaban J connectivity index is 1.87. The van der Waals surface area contributed by atoms with Gasteiger partial charge in [0, 0.05) is 20.1 Å². The number of ether oxygens (including phenoxy) is 1. The number of hydrogen-bond acceptors (Lipinski definition) is 5. The maximum atomic E-state index is 14.5. The number of amides is 3. The van der Waals surface area contributed by atoms with Gasteiger partial charge in [-0.05, 0) is 38.3 Å². The van der Waals surface area contributed by atoms with E-state index in [9.17, 15) is 19.5 Å². The van der Waals surface area contributed by atoms with Crippen molar-refractivity contribution in [2.75, 3.05) is 31.6 Å². The first kappa shape index (κ1) is 27.4. The molecule has 3 fully saturated rings. The quantitative estimate of drug-likeness (QED) is 0.497. The molecule has 200 valence electrons. The summed E-state index contributed by atoms with van der Waals surface area (Å²) in [7, 11) is 1.68. The SMILES string of the molecule is C=CCN(C)C(=O)[C@H]1[C@H]2C(=O)N([C@H](C)CO)C(C(=O)N(CC=C)c3ccccc3Cl)C23CC(C)[C@]1(C)O3. The maximum absolute atomic E-state index is 14.5. The van der Waals surface area contributed by atoms with Gasteiger partial charge in [-0.3, -0.25) is 14.4 Å². The minimum Gasteiger partial charge on any atom is -0.394 e. The minimum absolute atomic E-state index is 0.0875. The first-order valence-electron chi connectivity index (χ1n) is 12.7. The number of carbonyl (C=O) groups excluding carboxylic acids is 3. The lowest BCUT2D eigenvalue weighted by Crippen LogP contribution is -2.58. The van der Waals surface area contributed by atoms with E-state index >= 15 is 0 Å². The second-order valence-electron chi connectivity index (χ2n) is 10.7. The van der Waals surface area contributed by atoms with E-state index in [1.807, 2.05) is 13.8 Å². The highest BCUT2D eigenvalue weighted by atomic mass is 35.5. The standard InChI is InChI=1S/C28H36ClN3O5/c1-7-13-30(6)24(34)21-22-25(35)32(18(4)16-33)23(28(22)15-17(3)27(21,5)37-28)26(36)31(14-8-2)20-12-10-9-11-19(20)29/h7-12,17-18,21-23,33H,1-2,13-16H2,3-6H3/t17?,18-,21-,22+,23?,27+,28?/m1/s1. The van der Waals surface area contributed by atoms with Crippen LogP contribution in [-0.2, 0) is 19.1 Å². The second-order valence-corrected chi connectivity index (χ2v) is 11.1. The molecule has 2 bridgehead atoms. The van der Waals surface area contributed by atoms with Gasteiger partial charge in [0.1, 0.15) is 11.6 Å². The van der Waals surface area contributed by atoms with E-state index in [1.54, 1.807) is 55.3 Å². The van der Waals surface area contributed by atoms with E-state index in [-0.39, 0.29) is 36.8 Å². The predicted octanol–water partition coefficient (Wildman–Crippen LogP) is 2.89. The number of nitrogens with zero attached hydrogens (tertiary/aromatic N) is 3. The highest BCUT2D eigenvalue weighted by molar-refractivity contribution is 6.34. The molecule has 3 unspecified atom stereocenters. The lowest BCUT2D eigenvalue weighted by molar-refractivity contribution is -0.152. The van der Waals surface area contributed by atoms with Crippen LogP contribution >= 0.6 is 11.6 Å². The van der Waals surface area contributed by atoms with Crippen LogP contribution in [-0.4, -0.2) is 82.7 Å². The van der Waals surface area contributed by atoms with Gasteiger partial charge in [-0.2, -0.15) is 0 Å². The average molecular weight is 530 g/mol. The van der Waals surface area contributed by atoms with Crippen molar-refractivity contribution >= 4 is 35.0 Å². The Kier molecular flexibility index (Phi) is 7.31. The van der Waals surface area contributed by atoms with Crippen LogP contribution in [0.25, 0.3) is 0 Å². The molecule has 7 atom stereocenters. The lowest BCUT2D eigenvalue weighted by atomic mass is 9.62. The van der Waals surface area contributed by atoms with Crippen molar-refractivity contribution in [1.82, 2.24) is 9.80 Å². The average Bonchev–Trinajstić information content (AvgIpc) is 3.38. The van der Waals surface area contributed by atoms with Crippen molar-refractivity contribution in [2.24, 2.45) is 17.8 Å². The molecule has 3 saturated heterocycles. The van der Waals surface area contributed by atoms with E-state index in [0.717, 1.165) is 0 Å². The van der Waals surface area contributed by atoms with Crippen molar-refractivity contribution in [2.45, 2.75) is 50.5 Å². The molecule has 1 spiro atoms. The Morgan fingerprint density at radius 1 is 1.27 bits per heavy atom. The number of benzene rings is 1. The van der Waals surface area contributed by atoms with Crippen molar-refractivity contribution in [3.63, 3.8) is 0 Å². The summed E-state index contributed by atoms with van der Waals surface area (Å²) in [6, 6.07) is 5.28. The number of carbonyl (C=O) groups is 3. The zero-order valence-corrected chi connectivity index (χ0v) is 22.6. The topological polar surface area (TPSA) is 90.4 Å². The molecular formula is C28H36ClN3O5. The fourth-order valence-corrected chi connectivity index (χ4v) is 6.91. The number of likely N-dealkylation sites (N-methyl/N-ethyl adjacent to an activating group) is 1. The summed E-state index contributed by atoms with van der Waals surface area (Å²) in [5.41, 5.74) is -1.65. The van der Waals surface area contributed by atoms with Gasteiger partial charge in [0.15, 0.2) is 0 Å². The van der Waals surface area contributed by atoms with Crippen LogP contribution in [0.5, 0.6) is 0 Å². The van der Waals surface area contributed by atoms with Gasteiger partial charge < -0.3 is 24.5 Å². The molecule has 0 radical (unpaired) electrons. The summed E-state index contributed by atoms with van der Waals surface area (Å²) in [5, 5.41) is 10.5. The summed E-state index contributed by atoms with van der Waals surface area (Å²) >= 11 is 6.48. The van der Waals surface area contributed by atoms with E-state index in [2.05, 4.69) is 13.2 Å². The predicted molar refractivity (Wildman–Crippen MR) is 142 cm³/mol. The van der Waals surface area contributed by atoms with Gasteiger partial charge >= 0.3 is 0 Å². The van der Waals surface area contributed by atoms with Gasteiger partial charge in [0.05, 0.1) is 40.8 Å². The zero-order chi connectivity index (χ0) is 27.3. The third kappa shape index (κ3) is 3.92. The molecule has 4 rings (SSSR count). The molecule has 1 aromatic carbocycles. The number of likely N-dealkylation sites (tertiary alicyclic amines) is 1. The molecule has 8 nitrogen and oxygen atoms in total. The zero-order valence-electron chi connectivity index (χ0n) is 21.9. The molecule has 37 heavy (non-hydrogen) atoms. The summed E-state index contributed by atoms with van der Waals surface area (Å²) < 4.78 is 6.75. The largest absolute Gasteiger partial charge is 0.394 e. The molecule has 3 heterocycles. The van der Waals surface area contributed by atoms with Crippen LogP contribution in [0.15, 0.2) is 49.6 Å². The fourth-order valence-electron chi connectivity index (χ4n) is 6.67. The number of fused-ring (bicyclic) bond motifs is 1. The van der Waals surface area contributed by atoms with Crippen LogP contribution in [0.4, 0.5) is 5.69 Å². The first-order chi connectivity index (χ1) is 17.5. The van der Waals surface area contributed by atoms with E-state index in [0.29, 0.717) is 23.7 Å². The van der Waals surface area contributed by atoms with E-state index < -0.39 is 35.1 Å². The minimum atomic E-state index is -1.22. The van der Waals surface area contributed by atoms with Gasteiger partial charge in [0.25, 0.3) is 5.91 Å². The summed E-state index contributed by atoms with van der Waals surface area (Å²) in [6.07, 6.45) is 3.66. The molecule has 9 heteroatoms. The molecule has 0 saturated carbocycles. The Labute approximate surface area is 223 Å². The molecule has 1 N–H and O–H groups in total. The molecular weight excluding hydrogens is 494 g/mol. The summed E-state index contributed by atoms with van der Waals surface area (Å²) in [5.74, 6) is -2.66. The van der Waals surface area contributed by atoms with Gasteiger partial charge in [-0.25, -0.2) is 0 Å². The normalized spacial score (nSPS) is 32.7. The van der Waals surface area contributed by atoms with Crippen molar-refractivity contribution in [3.8, 4) is 0 Å². The molecule has 0 aliphatic carbocycles. The van der Waals surface area contributed by atoms with Crippen molar-refractivity contribution in [3.05, 3.63) is 54.6 Å². The van der Waals surface area contributed by atoms with Crippen molar-refractivity contribution in [1.29, 1.82) is 0 Å². The second kappa shape index (κ2) is 9.89. The van der Waals surface area contributed by atoms with Gasteiger partial charge in [0.2, 0.25) is 11.8 Å². The highest BCUT2D eigenvalue weighted by Gasteiger charge is 2.80. The smallest absolute Gasteiger partial charge is 0.253 e. The third-order valence-corrected chi connectivity index (χ3v) is 8.81. The molecule has 3 aliphatic heterocycles. The van der Waals surface area contributed by atoms with Gasteiger partial charge in [-0.1, -0.05) is 42.8 Å². The molecule has 1 aromatic rings. The first-order valence-corrected chi connectivity index (χ1v) is 13.0. The number of anilines is 1. The molecule has 3 amide bonds. The van der Waals surface area contributed by atoms with Crippen LogP contribution in [0.2, 0.25) is 5.02 Å². The number of para-hydroxylation sites is 1. The number of aliphatic hydroxyl groups excluding tert-OH is 1. The maximum Gasteiger partial charge on any atom is 0.253 e. The van der Waals surface area contributed by atoms with Crippen molar-refractivity contribution < 1.29 is 24.2 Å². The van der Waals surface area contributed by atoms with Crippen LogP contribution < -0.4 is 4.90 Å². The third-order valence-electron chi connectivity index (χ3n) is 8.49. The van der Waals surface area contributed by atoms with E-state index in [1.165, 1.54) is 9.80 Å². The number of halogens is 1. The van der Waals surface area contributed by atoms with Crippen LogP contribution in [0.1, 0.15) is 27.2 Å². The Morgan fingerprint density at radius 3 is 2.51 bits per heavy atom. The lowest BCUT2D eigenvalue weighted by Gasteiger charge is -2.39. The Morgan fingerprint density at radius 2 is 1.92 bits per heavy atom. The number of rotatable bonds is 9. The molecule has 3 aliphatic rings. The highest BCUT2D eigenvalue weighted by Crippen LogP contribution is 2.65. The Hall–Kier alpha value is -2.68. The summed E-state index contributed by atoms with van der Waals surface area (Å²) in [4.78, 5) is 46.8. The molecule has 0 aromatic heterocycles. The monoisotopic (exact) mass is 529 g/mol. The summed E-state index contributed by atoms with van der Waals surface area (Å²) in [6.45, 7) is 13.3. The van der Waals surface area contributed by atoms with Crippen LogP contribution in [0, 0.1) is 17.8 Å². The van der Waals surface area contributed by atoms with E-state index in [4.69, 9.17) is 16.3 Å². The number of aliphatic hydroxyl groups is 1. The Bertz CT molecular complexity index is 1130. The fraction of sp³-hybridized carbons (Fsp3) is 0.536.